The van der Waals surface area contributed by atoms with Gasteiger partial charge in [-0.15, -0.1) is 0 Å². The monoisotopic (exact) mass is 214 g/mol. The average Bonchev–Trinajstić information content (AvgIpc) is 2.27. The van der Waals surface area contributed by atoms with Crippen molar-refractivity contribution >= 4 is 5.78 Å². The quantitative estimate of drug-likeness (QED) is 0.680. The molecular formula is C12H22O3. The molecule has 0 amide bonds. The van der Waals surface area contributed by atoms with E-state index in [9.17, 15) is 4.79 Å². The van der Waals surface area contributed by atoms with Crippen LogP contribution in [0.15, 0.2) is 0 Å². The Morgan fingerprint density at radius 1 is 1.33 bits per heavy atom. The molecule has 15 heavy (non-hydrogen) atoms. The summed E-state index contributed by atoms with van der Waals surface area (Å²) in [7, 11) is 0. The minimum Gasteiger partial charge on any atom is -0.381 e. The number of carbonyl (C=O) groups excluding carboxylic acids is 1. The Kier molecular flexibility index (Phi) is 5.26. The maximum atomic E-state index is 12.1. The predicted octanol–water partition coefficient (Wildman–Crippen LogP) is 2.33. The fourth-order valence-corrected chi connectivity index (χ4v) is 2.05. The van der Waals surface area contributed by atoms with E-state index in [2.05, 4.69) is 6.92 Å². The van der Waals surface area contributed by atoms with E-state index in [1.54, 1.807) is 0 Å². The molecule has 0 N–H and O–H groups in total. The molecule has 0 atom stereocenters. The van der Waals surface area contributed by atoms with Crippen molar-refractivity contribution in [1.29, 1.82) is 0 Å². The van der Waals surface area contributed by atoms with E-state index in [4.69, 9.17) is 9.47 Å². The first-order chi connectivity index (χ1) is 7.25. The van der Waals surface area contributed by atoms with Crippen molar-refractivity contribution in [2.45, 2.75) is 51.6 Å². The van der Waals surface area contributed by atoms with Crippen molar-refractivity contribution in [3.63, 3.8) is 0 Å². The van der Waals surface area contributed by atoms with Gasteiger partial charge in [0.15, 0.2) is 5.78 Å². The van der Waals surface area contributed by atoms with Gasteiger partial charge in [0.1, 0.15) is 5.60 Å². The van der Waals surface area contributed by atoms with Crippen molar-refractivity contribution < 1.29 is 14.3 Å². The second-order valence-electron chi connectivity index (χ2n) is 4.07. The Morgan fingerprint density at radius 2 is 2.00 bits per heavy atom. The van der Waals surface area contributed by atoms with Gasteiger partial charge in [-0.25, -0.2) is 0 Å². The summed E-state index contributed by atoms with van der Waals surface area (Å²) in [4.78, 5) is 12.1. The van der Waals surface area contributed by atoms with Crippen LogP contribution in [0.2, 0.25) is 0 Å². The highest BCUT2D eigenvalue weighted by Gasteiger charge is 2.39. The van der Waals surface area contributed by atoms with Gasteiger partial charge in [-0.2, -0.15) is 0 Å². The minimum absolute atomic E-state index is 0.273. The van der Waals surface area contributed by atoms with Crippen LogP contribution in [-0.4, -0.2) is 31.2 Å². The van der Waals surface area contributed by atoms with Crippen LogP contribution in [0, 0.1) is 0 Å². The summed E-state index contributed by atoms with van der Waals surface area (Å²) in [6.45, 7) is 5.96. The molecule has 3 heteroatoms. The molecule has 1 saturated heterocycles. The highest BCUT2D eigenvalue weighted by molar-refractivity contribution is 5.87. The van der Waals surface area contributed by atoms with Crippen molar-refractivity contribution in [3.05, 3.63) is 0 Å². The van der Waals surface area contributed by atoms with E-state index in [0.29, 0.717) is 26.2 Å². The summed E-state index contributed by atoms with van der Waals surface area (Å²) < 4.78 is 11.0. The summed E-state index contributed by atoms with van der Waals surface area (Å²) in [5.74, 6) is 0.273. The summed E-state index contributed by atoms with van der Waals surface area (Å²) in [5, 5.41) is 0. The topological polar surface area (TPSA) is 35.5 Å². The van der Waals surface area contributed by atoms with E-state index in [1.807, 2.05) is 6.92 Å². The molecular weight excluding hydrogens is 192 g/mol. The molecule has 0 aromatic heterocycles. The van der Waals surface area contributed by atoms with Gasteiger partial charge in [-0.05, 0) is 13.3 Å². The smallest absolute Gasteiger partial charge is 0.164 e. The lowest BCUT2D eigenvalue weighted by Crippen LogP contribution is -2.46. The molecule has 1 fully saturated rings. The highest BCUT2D eigenvalue weighted by Crippen LogP contribution is 2.28. The molecule has 0 radical (unpaired) electrons. The number of ether oxygens (including phenoxy) is 2. The Morgan fingerprint density at radius 3 is 2.53 bits per heavy atom. The molecule has 0 spiro atoms. The first-order valence-electron chi connectivity index (χ1n) is 6.00. The number of carbonyl (C=O) groups is 1. The molecule has 0 aliphatic carbocycles. The largest absolute Gasteiger partial charge is 0.381 e. The van der Waals surface area contributed by atoms with Crippen LogP contribution in [0.4, 0.5) is 0 Å². The zero-order valence-corrected chi connectivity index (χ0v) is 9.88. The average molecular weight is 214 g/mol. The van der Waals surface area contributed by atoms with Gasteiger partial charge in [-0.3, -0.25) is 4.79 Å². The second kappa shape index (κ2) is 6.23. The fourth-order valence-electron chi connectivity index (χ4n) is 2.05. The zero-order chi connectivity index (χ0) is 11.1. The third-order valence-corrected chi connectivity index (χ3v) is 2.99. The first kappa shape index (κ1) is 12.7. The van der Waals surface area contributed by atoms with E-state index in [-0.39, 0.29) is 5.78 Å². The molecule has 3 nitrogen and oxygen atoms in total. The Balaban J connectivity index is 2.57. The number of unbranched alkanes of at least 4 members (excludes halogenated alkanes) is 1. The third kappa shape index (κ3) is 3.28. The molecule has 88 valence electrons. The van der Waals surface area contributed by atoms with Crippen LogP contribution < -0.4 is 0 Å². The van der Waals surface area contributed by atoms with Crippen molar-refractivity contribution in [2.75, 3.05) is 19.8 Å². The van der Waals surface area contributed by atoms with Crippen LogP contribution in [0.1, 0.15) is 46.0 Å². The summed E-state index contributed by atoms with van der Waals surface area (Å²) in [5.41, 5.74) is -0.526. The van der Waals surface area contributed by atoms with E-state index >= 15 is 0 Å². The van der Waals surface area contributed by atoms with Crippen LogP contribution >= 0.6 is 0 Å². The summed E-state index contributed by atoms with van der Waals surface area (Å²) >= 11 is 0. The van der Waals surface area contributed by atoms with Gasteiger partial charge < -0.3 is 9.47 Å². The number of ketones is 1. The maximum absolute atomic E-state index is 12.1. The molecule has 1 rings (SSSR count). The molecule has 0 bridgehead atoms. The Labute approximate surface area is 92.1 Å². The molecule has 0 unspecified atom stereocenters. The lowest BCUT2D eigenvalue weighted by molar-refractivity contribution is -0.157. The molecule has 0 saturated carbocycles. The first-order valence-corrected chi connectivity index (χ1v) is 6.00. The van der Waals surface area contributed by atoms with Gasteiger partial charge in [0.2, 0.25) is 0 Å². The number of hydrogen-bond donors (Lipinski definition) is 0. The van der Waals surface area contributed by atoms with E-state index < -0.39 is 5.60 Å². The molecule has 1 aliphatic rings. The highest BCUT2D eigenvalue weighted by atomic mass is 16.5. The third-order valence-electron chi connectivity index (χ3n) is 2.99. The fraction of sp³-hybridized carbons (Fsp3) is 0.917. The van der Waals surface area contributed by atoms with Crippen molar-refractivity contribution in [1.82, 2.24) is 0 Å². The van der Waals surface area contributed by atoms with Crippen molar-refractivity contribution in [2.24, 2.45) is 0 Å². The number of hydrogen-bond acceptors (Lipinski definition) is 3. The minimum atomic E-state index is -0.526. The normalized spacial score (nSPS) is 20.1. The molecule has 0 aromatic carbocycles. The number of Topliss-reactive ketones (excluding diaryl/α,β-unsaturated/α-hetero) is 1. The van der Waals surface area contributed by atoms with Crippen LogP contribution in [0.25, 0.3) is 0 Å². The Hall–Kier alpha value is -0.410. The van der Waals surface area contributed by atoms with Gasteiger partial charge >= 0.3 is 0 Å². The van der Waals surface area contributed by atoms with Gasteiger partial charge in [0.25, 0.3) is 0 Å². The standard InChI is InChI=1S/C12H22O3/c1-3-5-6-11(13)12(15-4-2)7-9-14-10-8-12/h3-10H2,1-2H3. The van der Waals surface area contributed by atoms with Crippen molar-refractivity contribution in [3.8, 4) is 0 Å². The number of rotatable bonds is 6. The van der Waals surface area contributed by atoms with Gasteiger partial charge in [0.05, 0.1) is 0 Å². The van der Waals surface area contributed by atoms with E-state index in [0.717, 1.165) is 25.7 Å². The van der Waals surface area contributed by atoms with Crippen LogP contribution in [-0.2, 0) is 14.3 Å². The maximum Gasteiger partial charge on any atom is 0.164 e. The zero-order valence-electron chi connectivity index (χ0n) is 9.88. The molecule has 1 heterocycles. The van der Waals surface area contributed by atoms with Crippen LogP contribution in [0.5, 0.6) is 0 Å². The summed E-state index contributed by atoms with van der Waals surface area (Å²) in [6, 6.07) is 0. The Bertz CT molecular complexity index is 190. The summed E-state index contributed by atoms with van der Waals surface area (Å²) in [6.07, 6.45) is 4.13. The SMILES string of the molecule is CCCCC(=O)C1(OCC)CCOCC1. The molecule has 0 aromatic rings. The van der Waals surface area contributed by atoms with Gasteiger partial charge in [-0.1, -0.05) is 13.3 Å². The van der Waals surface area contributed by atoms with Gasteiger partial charge in [0, 0.05) is 39.1 Å². The predicted molar refractivity (Wildman–Crippen MR) is 58.9 cm³/mol. The second-order valence-corrected chi connectivity index (χ2v) is 4.07. The van der Waals surface area contributed by atoms with E-state index in [1.165, 1.54) is 0 Å². The lowest BCUT2D eigenvalue weighted by Gasteiger charge is -2.35. The lowest BCUT2D eigenvalue weighted by atomic mass is 9.87. The van der Waals surface area contributed by atoms with Crippen LogP contribution in [0.3, 0.4) is 0 Å². The molecule has 1 aliphatic heterocycles.